The highest BCUT2D eigenvalue weighted by molar-refractivity contribution is 5.76. The van der Waals surface area contributed by atoms with E-state index in [4.69, 9.17) is 9.47 Å². The second-order valence-electron chi connectivity index (χ2n) is 12.8. The van der Waals surface area contributed by atoms with Crippen LogP contribution >= 0.6 is 0 Å². The van der Waals surface area contributed by atoms with Gasteiger partial charge in [0.15, 0.2) is 6.29 Å². The van der Waals surface area contributed by atoms with E-state index in [0.717, 1.165) is 51.4 Å². The summed E-state index contributed by atoms with van der Waals surface area (Å²) in [4.78, 5) is 12.8. The number of aliphatic hydroxyl groups excluding tert-OH is 6. The van der Waals surface area contributed by atoms with Gasteiger partial charge in [-0.2, -0.15) is 0 Å². The number of amides is 1. The SMILES string of the molecule is CCCCCCCCCCCCCCC(O)C(O)C(COC1OC(CO)C(O)C(O)C1O)NC(=O)CCCCCCCCC. The Hall–Kier alpha value is -0.850. The predicted octanol–water partition coefficient (Wildman–Crippen LogP) is 4.24. The fourth-order valence-corrected chi connectivity index (χ4v) is 5.78. The number of ether oxygens (including phenoxy) is 2. The molecule has 1 aliphatic heterocycles. The maximum Gasteiger partial charge on any atom is 0.220 e. The highest BCUT2D eigenvalue weighted by Gasteiger charge is 2.44. The Morgan fingerprint density at radius 2 is 1.18 bits per heavy atom. The van der Waals surface area contributed by atoms with Crippen LogP contribution in [0.1, 0.15) is 149 Å². The molecule has 0 saturated carbocycles. The first-order valence-corrected chi connectivity index (χ1v) is 17.8. The fourth-order valence-electron chi connectivity index (χ4n) is 5.78. The van der Waals surface area contributed by atoms with E-state index in [-0.39, 0.29) is 18.9 Å². The summed E-state index contributed by atoms with van der Waals surface area (Å²) >= 11 is 0. The van der Waals surface area contributed by atoms with Crippen LogP contribution in [0.3, 0.4) is 0 Å². The summed E-state index contributed by atoms with van der Waals surface area (Å²) in [6.45, 7) is 3.51. The van der Waals surface area contributed by atoms with Crippen molar-refractivity contribution in [3.63, 3.8) is 0 Å². The number of nitrogens with one attached hydrogen (secondary N) is 1. The number of unbranched alkanes of at least 4 members (excludes halogenated alkanes) is 17. The minimum absolute atomic E-state index is 0.266. The average molecular weight is 634 g/mol. The second kappa shape index (κ2) is 26.2. The van der Waals surface area contributed by atoms with E-state index in [0.29, 0.717) is 6.42 Å². The molecule has 44 heavy (non-hydrogen) atoms. The molecular formula is C34H67NO9. The molecule has 7 N–H and O–H groups in total. The van der Waals surface area contributed by atoms with Gasteiger partial charge in [0.1, 0.15) is 30.5 Å². The van der Waals surface area contributed by atoms with Crippen molar-refractivity contribution in [3.8, 4) is 0 Å². The first kappa shape index (κ1) is 41.2. The quantitative estimate of drug-likeness (QED) is 0.0623. The molecule has 0 aliphatic carbocycles. The van der Waals surface area contributed by atoms with E-state index in [2.05, 4.69) is 19.2 Å². The van der Waals surface area contributed by atoms with Gasteiger partial charge in [-0.25, -0.2) is 0 Å². The molecule has 1 fully saturated rings. The molecule has 8 atom stereocenters. The predicted molar refractivity (Wildman–Crippen MR) is 172 cm³/mol. The molecule has 0 aromatic heterocycles. The normalized spacial score (nSPS) is 24.2. The Morgan fingerprint density at radius 1 is 0.705 bits per heavy atom. The lowest BCUT2D eigenvalue weighted by atomic mass is 9.98. The number of hydrogen-bond donors (Lipinski definition) is 7. The number of rotatable bonds is 28. The van der Waals surface area contributed by atoms with E-state index >= 15 is 0 Å². The molecule has 0 bridgehead atoms. The topological polar surface area (TPSA) is 169 Å². The third-order valence-corrected chi connectivity index (χ3v) is 8.80. The van der Waals surface area contributed by atoms with Crippen molar-refractivity contribution in [3.05, 3.63) is 0 Å². The number of carbonyl (C=O) groups is 1. The maximum atomic E-state index is 12.8. The number of aliphatic hydroxyl groups is 6. The first-order chi connectivity index (χ1) is 21.3. The van der Waals surface area contributed by atoms with Gasteiger partial charge in [-0.05, 0) is 12.8 Å². The summed E-state index contributed by atoms with van der Waals surface area (Å²) < 4.78 is 11.0. The third kappa shape index (κ3) is 17.7. The Balaban J connectivity index is 2.53. The van der Waals surface area contributed by atoms with Crippen LogP contribution in [-0.4, -0.2) is 98.7 Å². The van der Waals surface area contributed by atoms with Gasteiger partial charge in [-0.1, -0.05) is 129 Å². The average Bonchev–Trinajstić information content (AvgIpc) is 3.02. The van der Waals surface area contributed by atoms with E-state index in [1.54, 1.807) is 0 Å². The van der Waals surface area contributed by atoms with Crippen LogP contribution in [0, 0.1) is 0 Å². The van der Waals surface area contributed by atoms with Crippen LogP contribution in [0.15, 0.2) is 0 Å². The van der Waals surface area contributed by atoms with Crippen LogP contribution in [0.2, 0.25) is 0 Å². The van der Waals surface area contributed by atoms with Crippen molar-refractivity contribution < 1.29 is 44.9 Å². The zero-order valence-corrected chi connectivity index (χ0v) is 27.8. The summed E-state index contributed by atoms with van der Waals surface area (Å²) in [5, 5.41) is 64.4. The second-order valence-corrected chi connectivity index (χ2v) is 12.8. The smallest absolute Gasteiger partial charge is 0.220 e. The van der Waals surface area contributed by atoms with Crippen LogP contribution in [0.4, 0.5) is 0 Å². The number of hydrogen-bond acceptors (Lipinski definition) is 9. The summed E-state index contributed by atoms with van der Waals surface area (Å²) in [6, 6.07) is -0.980. The fraction of sp³-hybridized carbons (Fsp3) is 0.971. The molecule has 262 valence electrons. The third-order valence-electron chi connectivity index (χ3n) is 8.80. The van der Waals surface area contributed by atoms with Gasteiger partial charge in [0.2, 0.25) is 5.91 Å². The van der Waals surface area contributed by atoms with Crippen LogP contribution < -0.4 is 5.32 Å². The monoisotopic (exact) mass is 633 g/mol. The van der Waals surface area contributed by atoms with E-state index in [1.807, 2.05) is 0 Å². The molecule has 1 aliphatic rings. The van der Waals surface area contributed by atoms with E-state index in [1.165, 1.54) is 70.6 Å². The van der Waals surface area contributed by atoms with E-state index < -0.39 is 55.6 Å². The minimum Gasteiger partial charge on any atom is -0.394 e. The van der Waals surface area contributed by atoms with Gasteiger partial charge in [0.25, 0.3) is 0 Å². The van der Waals surface area contributed by atoms with Gasteiger partial charge < -0.3 is 45.4 Å². The summed E-state index contributed by atoms with van der Waals surface area (Å²) in [7, 11) is 0. The molecule has 1 rings (SSSR count). The van der Waals surface area contributed by atoms with Crippen LogP contribution in [0.25, 0.3) is 0 Å². The Kier molecular flexibility index (Phi) is 24.6. The van der Waals surface area contributed by atoms with Crippen molar-refractivity contribution in [2.45, 2.75) is 198 Å². The zero-order chi connectivity index (χ0) is 32.6. The highest BCUT2D eigenvalue weighted by atomic mass is 16.7. The largest absolute Gasteiger partial charge is 0.394 e. The van der Waals surface area contributed by atoms with Crippen molar-refractivity contribution in [2.24, 2.45) is 0 Å². The Morgan fingerprint density at radius 3 is 1.68 bits per heavy atom. The van der Waals surface area contributed by atoms with Crippen molar-refractivity contribution in [1.29, 1.82) is 0 Å². The summed E-state index contributed by atoms with van der Waals surface area (Å²) in [5.41, 5.74) is 0. The molecule has 10 heteroatoms. The zero-order valence-electron chi connectivity index (χ0n) is 27.8. The number of carbonyl (C=O) groups excluding carboxylic acids is 1. The van der Waals surface area contributed by atoms with Crippen LogP contribution in [-0.2, 0) is 14.3 Å². The lowest BCUT2D eigenvalue weighted by molar-refractivity contribution is -0.303. The van der Waals surface area contributed by atoms with Crippen LogP contribution in [0.5, 0.6) is 0 Å². The lowest BCUT2D eigenvalue weighted by Crippen LogP contribution is -2.60. The summed E-state index contributed by atoms with van der Waals surface area (Å²) in [5.74, 6) is -0.266. The van der Waals surface area contributed by atoms with Crippen molar-refractivity contribution >= 4 is 5.91 Å². The van der Waals surface area contributed by atoms with Gasteiger partial charge >= 0.3 is 0 Å². The Labute approximate surface area is 266 Å². The molecule has 1 amide bonds. The molecule has 1 heterocycles. The molecule has 10 nitrogen and oxygen atoms in total. The van der Waals surface area contributed by atoms with E-state index in [9.17, 15) is 35.4 Å². The lowest BCUT2D eigenvalue weighted by Gasteiger charge is -2.40. The minimum atomic E-state index is -1.60. The highest BCUT2D eigenvalue weighted by Crippen LogP contribution is 2.23. The molecule has 1 saturated heterocycles. The molecule has 0 aromatic carbocycles. The maximum absolute atomic E-state index is 12.8. The van der Waals surface area contributed by atoms with Gasteiger partial charge in [0, 0.05) is 6.42 Å². The Bertz CT molecular complexity index is 683. The molecule has 0 spiro atoms. The van der Waals surface area contributed by atoms with Gasteiger partial charge in [0.05, 0.1) is 25.4 Å². The molecule has 0 aromatic rings. The molecule has 8 unspecified atom stereocenters. The molecular weight excluding hydrogens is 566 g/mol. The van der Waals surface area contributed by atoms with Gasteiger partial charge in [-0.15, -0.1) is 0 Å². The first-order valence-electron chi connectivity index (χ1n) is 17.8. The summed E-state index contributed by atoms with van der Waals surface area (Å²) in [6.07, 6.45) is 12.8. The van der Waals surface area contributed by atoms with Gasteiger partial charge in [-0.3, -0.25) is 4.79 Å². The standard InChI is InChI=1S/C34H67NO9/c1-3-5-7-9-11-12-13-14-15-17-18-20-22-27(37)30(39)26(35-29(38)23-21-19-16-10-8-6-4-2)25-43-34-33(42)32(41)31(40)28(24-36)44-34/h26-28,30-34,36-37,39-42H,3-25H2,1-2H3,(H,35,38). The van der Waals surface area contributed by atoms with Crippen molar-refractivity contribution in [1.82, 2.24) is 5.32 Å². The molecule has 0 radical (unpaired) electrons. The van der Waals surface area contributed by atoms with Crippen molar-refractivity contribution in [2.75, 3.05) is 13.2 Å².